The van der Waals surface area contributed by atoms with E-state index in [-0.39, 0.29) is 43.6 Å². The standard InChI is InChI=1S/C30H45F2N5OS.C8H10OS/c1-17(2)28-35-34-21(6)37(28)25-15-23-7-8-24(16-25)36(23)14-11-26(27-19(4)18(3)20(5)39-27)33-29(38)22-9-12-30(31,32)13-10-22;1-5-6(2)8(4-9)10-7(5)3/h17,22-26H,7-16H2,1-6H3,(H,33,38);4H,1-3H3/t23?,24?,25?,26-;/m0./s1. The van der Waals surface area contributed by atoms with Gasteiger partial charge in [-0.05, 0) is 116 Å². The normalized spacial score (nSPS) is 23.0. The zero-order valence-electron chi connectivity index (χ0n) is 30.8. The van der Waals surface area contributed by atoms with E-state index >= 15 is 0 Å². The van der Waals surface area contributed by atoms with Crippen LogP contribution in [0, 0.1) is 54.4 Å². The predicted molar refractivity (Wildman–Crippen MR) is 195 cm³/mol. The first-order valence-corrected chi connectivity index (χ1v) is 19.7. The fraction of sp³-hybridized carbons (Fsp3) is 0.684. The maximum absolute atomic E-state index is 13.7. The fourth-order valence-electron chi connectivity index (χ4n) is 8.17. The van der Waals surface area contributed by atoms with E-state index in [1.807, 2.05) is 20.8 Å². The van der Waals surface area contributed by atoms with Crippen LogP contribution < -0.4 is 5.32 Å². The Hall–Kier alpha value is -2.50. The number of hydrogen-bond acceptors (Lipinski definition) is 7. The molecule has 0 aromatic carbocycles. The molecule has 1 aliphatic carbocycles. The third-order valence-electron chi connectivity index (χ3n) is 11.6. The van der Waals surface area contributed by atoms with Gasteiger partial charge in [-0.3, -0.25) is 14.5 Å². The lowest BCUT2D eigenvalue weighted by molar-refractivity contribution is -0.130. The number of carbonyl (C=O) groups excluding carboxylic acids is 2. The minimum Gasteiger partial charge on any atom is -0.348 e. The van der Waals surface area contributed by atoms with Crippen molar-refractivity contribution in [1.29, 1.82) is 0 Å². The second-order valence-corrected chi connectivity index (χ2v) is 17.5. The van der Waals surface area contributed by atoms with Gasteiger partial charge in [-0.1, -0.05) is 13.8 Å². The third kappa shape index (κ3) is 8.19. The number of nitrogens with zero attached hydrogens (tertiary/aromatic N) is 4. The highest BCUT2D eigenvalue weighted by atomic mass is 32.1. The van der Waals surface area contributed by atoms with E-state index in [1.54, 1.807) is 22.7 Å². The number of alkyl halides is 2. The van der Waals surface area contributed by atoms with Gasteiger partial charge in [-0.2, -0.15) is 0 Å². The molecule has 11 heteroatoms. The van der Waals surface area contributed by atoms with Crippen LogP contribution in [0.15, 0.2) is 0 Å². The van der Waals surface area contributed by atoms with E-state index in [1.165, 1.54) is 44.2 Å². The van der Waals surface area contributed by atoms with Crippen molar-refractivity contribution in [3.8, 4) is 0 Å². The second kappa shape index (κ2) is 15.4. The van der Waals surface area contributed by atoms with Crippen molar-refractivity contribution in [3.63, 3.8) is 0 Å². The van der Waals surface area contributed by atoms with Crippen LogP contribution >= 0.6 is 22.7 Å². The number of aromatic nitrogens is 3. The summed E-state index contributed by atoms with van der Waals surface area (Å²) in [6.45, 7) is 19.9. The van der Waals surface area contributed by atoms with Crippen LogP contribution in [-0.2, 0) is 4.79 Å². The lowest BCUT2D eigenvalue weighted by Gasteiger charge is -2.40. The molecule has 2 saturated heterocycles. The van der Waals surface area contributed by atoms with Gasteiger partial charge in [-0.15, -0.1) is 32.9 Å². The van der Waals surface area contributed by atoms with Crippen molar-refractivity contribution in [3.05, 3.63) is 53.4 Å². The third-order valence-corrected chi connectivity index (χ3v) is 14.2. The highest BCUT2D eigenvalue weighted by Crippen LogP contribution is 2.43. The number of hydrogen-bond donors (Lipinski definition) is 1. The average molecular weight is 716 g/mol. The van der Waals surface area contributed by atoms with Gasteiger partial charge >= 0.3 is 0 Å². The summed E-state index contributed by atoms with van der Waals surface area (Å²) < 4.78 is 29.9. The van der Waals surface area contributed by atoms with Gasteiger partial charge in [0.05, 0.1) is 10.9 Å². The molecule has 3 aromatic rings. The molecule has 3 aromatic heterocycles. The maximum atomic E-state index is 13.7. The van der Waals surface area contributed by atoms with Gasteiger partial charge < -0.3 is 9.88 Å². The van der Waals surface area contributed by atoms with E-state index in [2.05, 4.69) is 66.5 Å². The molecule has 3 fully saturated rings. The molecule has 2 unspecified atom stereocenters. The molecule has 5 heterocycles. The van der Waals surface area contributed by atoms with Gasteiger partial charge in [0.15, 0.2) is 6.29 Å². The summed E-state index contributed by atoms with van der Waals surface area (Å²) in [5.41, 5.74) is 4.94. The second-order valence-electron chi connectivity index (χ2n) is 15.0. The van der Waals surface area contributed by atoms with Crippen LogP contribution in [0.4, 0.5) is 8.78 Å². The minimum atomic E-state index is -2.62. The van der Waals surface area contributed by atoms with Crippen molar-refractivity contribution >= 4 is 34.9 Å². The van der Waals surface area contributed by atoms with Crippen LogP contribution in [0.2, 0.25) is 0 Å². The van der Waals surface area contributed by atoms with E-state index in [9.17, 15) is 18.4 Å². The first-order valence-electron chi connectivity index (χ1n) is 18.0. The number of rotatable bonds is 9. The Morgan fingerprint density at radius 1 is 0.878 bits per heavy atom. The highest BCUT2D eigenvalue weighted by molar-refractivity contribution is 7.14. The average Bonchev–Trinajstić information content (AvgIpc) is 3.72. The Morgan fingerprint density at radius 2 is 1.47 bits per heavy atom. The topological polar surface area (TPSA) is 80.1 Å². The molecule has 7 nitrogen and oxygen atoms in total. The van der Waals surface area contributed by atoms with E-state index in [0.29, 0.717) is 24.0 Å². The molecule has 2 aliphatic heterocycles. The van der Waals surface area contributed by atoms with E-state index in [4.69, 9.17) is 0 Å². The number of thiophene rings is 2. The number of piperidine rings is 1. The molecule has 6 rings (SSSR count). The molecule has 0 spiro atoms. The predicted octanol–water partition coefficient (Wildman–Crippen LogP) is 9.42. The Balaban J connectivity index is 0.000000402. The summed E-state index contributed by atoms with van der Waals surface area (Å²) in [7, 11) is 0. The number of aryl methyl sites for hydroxylation is 3. The van der Waals surface area contributed by atoms with Crippen molar-refractivity contribution in [2.45, 2.75) is 156 Å². The lowest BCUT2D eigenvalue weighted by Crippen LogP contribution is -2.45. The smallest absolute Gasteiger partial charge is 0.248 e. The van der Waals surface area contributed by atoms with E-state index in [0.717, 1.165) is 54.2 Å². The van der Waals surface area contributed by atoms with Gasteiger partial charge in [0.2, 0.25) is 11.8 Å². The van der Waals surface area contributed by atoms with Gasteiger partial charge in [0.1, 0.15) is 11.6 Å². The van der Waals surface area contributed by atoms with Crippen LogP contribution in [0.5, 0.6) is 0 Å². The Morgan fingerprint density at radius 3 is 1.96 bits per heavy atom. The molecule has 1 N–H and O–H groups in total. The van der Waals surface area contributed by atoms with Crippen molar-refractivity contribution < 1.29 is 18.4 Å². The fourth-order valence-corrected chi connectivity index (χ4v) is 10.4. The number of amides is 1. The number of fused-ring (bicyclic) bond motifs is 2. The number of carbonyl (C=O) groups is 2. The summed E-state index contributed by atoms with van der Waals surface area (Å²) in [6.07, 6.45) is 6.58. The monoisotopic (exact) mass is 715 g/mol. The van der Waals surface area contributed by atoms with Crippen LogP contribution in [0.3, 0.4) is 0 Å². The lowest BCUT2D eigenvalue weighted by atomic mass is 9.86. The largest absolute Gasteiger partial charge is 0.348 e. The SMILES string of the molecule is Cc1sc(C=O)c(C)c1C.Cc1sc([C@H](CCN2C3CCC2CC(n2c(C)nnc2C(C)C)C3)NC(=O)C2CCC(F)(F)CC2)c(C)c1C. The highest BCUT2D eigenvalue weighted by Gasteiger charge is 2.43. The van der Waals surface area contributed by atoms with Crippen LogP contribution in [0.25, 0.3) is 0 Å². The molecular weight excluding hydrogens is 661 g/mol. The zero-order valence-corrected chi connectivity index (χ0v) is 32.4. The number of aldehydes is 1. The molecule has 0 radical (unpaired) electrons. The molecular formula is C38H55F2N5O2S2. The van der Waals surface area contributed by atoms with Crippen LogP contribution in [0.1, 0.15) is 148 Å². The van der Waals surface area contributed by atoms with E-state index < -0.39 is 5.92 Å². The molecule has 3 aliphatic rings. The minimum absolute atomic E-state index is 0.0513. The van der Waals surface area contributed by atoms with Gasteiger partial charge in [0, 0.05) is 64.0 Å². The number of halogens is 2. The van der Waals surface area contributed by atoms with Gasteiger partial charge in [0.25, 0.3) is 0 Å². The summed E-state index contributed by atoms with van der Waals surface area (Å²) >= 11 is 3.35. The van der Waals surface area contributed by atoms with Crippen molar-refractivity contribution in [2.24, 2.45) is 5.92 Å². The maximum Gasteiger partial charge on any atom is 0.248 e. The summed E-state index contributed by atoms with van der Waals surface area (Å²) in [6, 6.07) is 1.42. The molecule has 3 atom stereocenters. The van der Waals surface area contributed by atoms with Crippen molar-refractivity contribution in [1.82, 2.24) is 25.0 Å². The summed E-state index contributed by atoms with van der Waals surface area (Å²) in [4.78, 5) is 31.0. The molecule has 270 valence electrons. The first-order chi connectivity index (χ1) is 23.1. The molecule has 49 heavy (non-hydrogen) atoms. The summed E-state index contributed by atoms with van der Waals surface area (Å²) in [5.74, 6) is -0.538. The molecule has 2 bridgehead atoms. The summed E-state index contributed by atoms with van der Waals surface area (Å²) in [5, 5.41) is 12.2. The zero-order chi connectivity index (χ0) is 35.8. The Bertz CT molecular complexity index is 1620. The van der Waals surface area contributed by atoms with Crippen molar-refractivity contribution in [2.75, 3.05) is 6.54 Å². The number of nitrogens with one attached hydrogen (secondary N) is 1. The first kappa shape index (κ1) is 37.7. The Labute approximate surface area is 299 Å². The molecule has 1 saturated carbocycles. The van der Waals surface area contributed by atoms with Crippen LogP contribution in [-0.4, -0.2) is 56.4 Å². The van der Waals surface area contributed by atoms with Gasteiger partial charge in [-0.25, -0.2) is 8.78 Å². The Kier molecular flexibility index (Phi) is 11.9. The molecule has 1 amide bonds. The quantitative estimate of drug-likeness (QED) is 0.223.